The Morgan fingerprint density at radius 2 is 2.06 bits per heavy atom. The van der Waals surface area contributed by atoms with Crippen LogP contribution in [0.1, 0.15) is 32.4 Å². The van der Waals surface area contributed by atoms with Gasteiger partial charge in [-0.1, -0.05) is 17.7 Å². The Morgan fingerprint density at radius 1 is 1.44 bits per heavy atom. The third-order valence-electron chi connectivity index (χ3n) is 2.06. The number of ether oxygens (including phenoxy) is 1. The van der Waals surface area contributed by atoms with E-state index in [9.17, 15) is 4.39 Å². The average Bonchev–Trinajstić information content (AvgIpc) is 2.13. The lowest BCUT2D eigenvalue weighted by Crippen LogP contribution is -2.26. The van der Waals surface area contributed by atoms with Crippen molar-refractivity contribution >= 4 is 11.6 Å². The van der Waals surface area contributed by atoms with Gasteiger partial charge in [0.1, 0.15) is 5.82 Å². The minimum atomic E-state index is -0.475. The van der Waals surface area contributed by atoms with E-state index in [1.165, 1.54) is 6.07 Å². The Labute approximate surface area is 101 Å². The van der Waals surface area contributed by atoms with Gasteiger partial charge in [0.25, 0.3) is 0 Å². The summed E-state index contributed by atoms with van der Waals surface area (Å²) in [6.45, 7) is 6.07. The van der Waals surface area contributed by atoms with Crippen molar-refractivity contribution in [2.45, 2.75) is 32.4 Å². The molecule has 0 heterocycles. The maximum Gasteiger partial charge on any atom is 0.129 e. The fourth-order valence-electron chi connectivity index (χ4n) is 1.23. The number of benzene rings is 1. The Morgan fingerprint density at radius 3 is 2.56 bits per heavy atom. The van der Waals surface area contributed by atoms with Crippen LogP contribution in [0.4, 0.5) is 4.39 Å². The lowest BCUT2D eigenvalue weighted by molar-refractivity contribution is -0.0105. The zero-order valence-electron chi connectivity index (χ0n) is 9.76. The van der Waals surface area contributed by atoms with Crippen LogP contribution in [0.5, 0.6) is 0 Å². The summed E-state index contributed by atoms with van der Waals surface area (Å²) < 4.78 is 19.0. The minimum Gasteiger partial charge on any atom is -0.374 e. The molecule has 1 rings (SSSR count). The first-order valence-corrected chi connectivity index (χ1v) is 5.52. The second kappa shape index (κ2) is 5.13. The molecule has 2 N–H and O–H groups in total. The third kappa shape index (κ3) is 4.08. The van der Waals surface area contributed by atoms with E-state index >= 15 is 0 Å². The summed E-state index contributed by atoms with van der Waals surface area (Å²) in [5, 5.41) is 0.366. The van der Waals surface area contributed by atoms with Gasteiger partial charge in [-0.15, -0.1) is 0 Å². The van der Waals surface area contributed by atoms with Crippen molar-refractivity contribution in [3.05, 3.63) is 34.6 Å². The summed E-state index contributed by atoms with van der Waals surface area (Å²) in [6, 6.07) is 4.00. The molecule has 0 bridgehead atoms. The first-order valence-electron chi connectivity index (χ1n) is 5.14. The third-order valence-corrected chi connectivity index (χ3v) is 2.29. The molecule has 1 atom stereocenters. The Bertz CT molecular complexity index is 363. The standard InChI is InChI=1S/C12H17ClFNO/c1-12(2,3)16-7-11(15)9-5-4-8(13)6-10(9)14/h4-6,11H,7,15H2,1-3H3. The topological polar surface area (TPSA) is 35.2 Å². The fourth-order valence-corrected chi connectivity index (χ4v) is 1.39. The van der Waals surface area contributed by atoms with E-state index in [0.717, 1.165) is 0 Å². The maximum atomic E-state index is 13.5. The highest BCUT2D eigenvalue weighted by atomic mass is 35.5. The predicted molar refractivity (Wildman–Crippen MR) is 64.0 cm³/mol. The summed E-state index contributed by atoms with van der Waals surface area (Å²) in [7, 11) is 0. The van der Waals surface area contributed by atoms with Gasteiger partial charge >= 0.3 is 0 Å². The van der Waals surface area contributed by atoms with Gasteiger partial charge in [-0.3, -0.25) is 0 Å². The first-order chi connectivity index (χ1) is 7.29. The SMILES string of the molecule is CC(C)(C)OCC(N)c1ccc(Cl)cc1F. The molecule has 0 amide bonds. The molecular weight excluding hydrogens is 229 g/mol. The van der Waals surface area contributed by atoms with Crippen molar-refractivity contribution in [1.29, 1.82) is 0 Å². The van der Waals surface area contributed by atoms with E-state index in [1.54, 1.807) is 12.1 Å². The lowest BCUT2D eigenvalue weighted by atomic mass is 10.1. The van der Waals surface area contributed by atoms with Crippen LogP contribution < -0.4 is 5.73 Å². The van der Waals surface area contributed by atoms with Crippen LogP contribution in [0.2, 0.25) is 5.02 Å². The second-order valence-electron chi connectivity index (χ2n) is 4.70. The number of hydrogen-bond donors (Lipinski definition) is 1. The van der Waals surface area contributed by atoms with Crippen LogP contribution in [0.25, 0.3) is 0 Å². The normalized spacial score (nSPS) is 13.9. The molecule has 0 aliphatic heterocycles. The highest BCUT2D eigenvalue weighted by Crippen LogP contribution is 2.21. The van der Waals surface area contributed by atoms with Gasteiger partial charge < -0.3 is 10.5 Å². The van der Waals surface area contributed by atoms with Gasteiger partial charge in [-0.2, -0.15) is 0 Å². The van der Waals surface area contributed by atoms with E-state index in [1.807, 2.05) is 20.8 Å². The van der Waals surface area contributed by atoms with Crippen molar-refractivity contribution in [2.24, 2.45) is 5.73 Å². The molecule has 0 aliphatic carbocycles. The van der Waals surface area contributed by atoms with Gasteiger partial charge in [-0.05, 0) is 32.9 Å². The molecule has 16 heavy (non-hydrogen) atoms. The molecule has 1 aromatic rings. The van der Waals surface area contributed by atoms with Gasteiger partial charge in [0, 0.05) is 10.6 Å². The van der Waals surface area contributed by atoms with E-state index in [-0.39, 0.29) is 12.2 Å². The summed E-state index contributed by atoms with van der Waals surface area (Å²) in [6.07, 6.45) is 0. The van der Waals surface area contributed by atoms with Gasteiger partial charge in [0.05, 0.1) is 18.2 Å². The van der Waals surface area contributed by atoms with E-state index in [2.05, 4.69) is 0 Å². The van der Waals surface area contributed by atoms with Gasteiger partial charge in [0.2, 0.25) is 0 Å². The molecule has 1 unspecified atom stereocenters. The summed E-state index contributed by atoms with van der Waals surface area (Å²) in [4.78, 5) is 0. The highest BCUT2D eigenvalue weighted by molar-refractivity contribution is 6.30. The molecule has 0 saturated carbocycles. The number of rotatable bonds is 3. The monoisotopic (exact) mass is 245 g/mol. The molecule has 0 fully saturated rings. The summed E-state index contributed by atoms with van der Waals surface area (Å²) in [5.41, 5.74) is 5.99. The molecular formula is C12H17ClFNO. The number of nitrogens with two attached hydrogens (primary N) is 1. The van der Waals surface area contributed by atoms with E-state index < -0.39 is 11.9 Å². The second-order valence-corrected chi connectivity index (χ2v) is 5.13. The van der Waals surface area contributed by atoms with Crippen molar-refractivity contribution in [3.63, 3.8) is 0 Å². The molecule has 0 spiro atoms. The zero-order chi connectivity index (χ0) is 12.3. The molecule has 0 saturated heterocycles. The largest absolute Gasteiger partial charge is 0.374 e. The predicted octanol–water partition coefficient (Wildman–Crippen LogP) is 3.29. The quantitative estimate of drug-likeness (QED) is 0.887. The van der Waals surface area contributed by atoms with Crippen molar-refractivity contribution in [3.8, 4) is 0 Å². The smallest absolute Gasteiger partial charge is 0.129 e. The molecule has 0 aliphatic rings. The van der Waals surface area contributed by atoms with Crippen LogP contribution in [0.15, 0.2) is 18.2 Å². The molecule has 1 aromatic carbocycles. The van der Waals surface area contributed by atoms with Gasteiger partial charge in [-0.25, -0.2) is 4.39 Å². The average molecular weight is 246 g/mol. The molecule has 2 nitrogen and oxygen atoms in total. The highest BCUT2D eigenvalue weighted by Gasteiger charge is 2.16. The van der Waals surface area contributed by atoms with Crippen LogP contribution in [-0.2, 0) is 4.74 Å². The van der Waals surface area contributed by atoms with Crippen molar-refractivity contribution in [1.82, 2.24) is 0 Å². The molecule has 0 aromatic heterocycles. The summed E-state index contributed by atoms with van der Waals surface area (Å²) in [5.74, 6) is -0.391. The van der Waals surface area contributed by atoms with Crippen LogP contribution in [0.3, 0.4) is 0 Å². The molecule has 90 valence electrons. The van der Waals surface area contributed by atoms with Gasteiger partial charge in [0.15, 0.2) is 0 Å². The maximum absolute atomic E-state index is 13.5. The molecule has 4 heteroatoms. The van der Waals surface area contributed by atoms with Crippen LogP contribution in [-0.4, -0.2) is 12.2 Å². The Balaban J connectivity index is 2.70. The number of halogens is 2. The van der Waals surface area contributed by atoms with Crippen molar-refractivity contribution < 1.29 is 9.13 Å². The molecule has 0 radical (unpaired) electrons. The zero-order valence-corrected chi connectivity index (χ0v) is 10.5. The van der Waals surface area contributed by atoms with E-state index in [0.29, 0.717) is 10.6 Å². The van der Waals surface area contributed by atoms with Crippen LogP contribution in [0, 0.1) is 5.82 Å². The summed E-state index contributed by atoms with van der Waals surface area (Å²) >= 11 is 5.66. The number of hydrogen-bond acceptors (Lipinski definition) is 2. The Kier molecular flexibility index (Phi) is 4.30. The minimum absolute atomic E-state index is 0.277. The fraction of sp³-hybridized carbons (Fsp3) is 0.500. The first kappa shape index (κ1) is 13.4. The van der Waals surface area contributed by atoms with Crippen molar-refractivity contribution in [2.75, 3.05) is 6.61 Å². The van der Waals surface area contributed by atoms with E-state index in [4.69, 9.17) is 22.1 Å². The van der Waals surface area contributed by atoms with Crippen LogP contribution >= 0.6 is 11.6 Å². The Hall–Kier alpha value is -0.640. The lowest BCUT2D eigenvalue weighted by Gasteiger charge is -2.22.